The lowest BCUT2D eigenvalue weighted by Gasteiger charge is -2.36. The van der Waals surface area contributed by atoms with Crippen LogP contribution in [0.1, 0.15) is 5.69 Å². The minimum absolute atomic E-state index is 0.293. The average molecular weight is 285 g/mol. The maximum Gasteiger partial charge on any atom is 0.227 e. The van der Waals surface area contributed by atoms with Crippen LogP contribution >= 0.6 is 0 Å². The molecule has 1 saturated heterocycles. The molecule has 3 N–H and O–H groups in total. The van der Waals surface area contributed by atoms with Gasteiger partial charge in [-0.1, -0.05) is 0 Å². The number of hydrogen-bond donors (Lipinski definition) is 2. The topological polar surface area (TPSA) is 78.5 Å². The van der Waals surface area contributed by atoms with E-state index < -0.39 is 0 Å². The number of piperazine rings is 1. The molecule has 0 amide bonds. The van der Waals surface area contributed by atoms with Crippen molar-refractivity contribution in [2.45, 2.75) is 6.92 Å². The van der Waals surface area contributed by atoms with Gasteiger partial charge in [-0.3, -0.25) is 0 Å². The van der Waals surface area contributed by atoms with E-state index in [-0.39, 0.29) is 0 Å². The summed E-state index contributed by atoms with van der Waals surface area (Å²) < 4.78 is 0. The second kappa shape index (κ2) is 5.47. The number of benzene rings is 1. The molecule has 21 heavy (non-hydrogen) atoms. The molecule has 1 fully saturated rings. The highest BCUT2D eigenvalue weighted by Gasteiger charge is 2.19. The fourth-order valence-electron chi connectivity index (χ4n) is 2.55. The predicted molar refractivity (Wildman–Crippen MR) is 83.7 cm³/mol. The second-order valence-corrected chi connectivity index (χ2v) is 5.22. The number of phenols is 1. The van der Waals surface area contributed by atoms with Crippen molar-refractivity contribution in [2.75, 3.05) is 41.7 Å². The first-order chi connectivity index (χ1) is 10.1. The zero-order chi connectivity index (χ0) is 14.8. The third kappa shape index (κ3) is 2.99. The molecule has 6 heteroatoms. The van der Waals surface area contributed by atoms with Crippen molar-refractivity contribution in [3.8, 4) is 5.75 Å². The van der Waals surface area contributed by atoms with Gasteiger partial charge in [-0.25, -0.2) is 4.98 Å². The van der Waals surface area contributed by atoms with Gasteiger partial charge < -0.3 is 20.6 Å². The molecule has 0 unspecified atom stereocenters. The Morgan fingerprint density at radius 1 is 1.00 bits per heavy atom. The molecule has 0 saturated carbocycles. The van der Waals surface area contributed by atoms with Crippen LogP contribution in [0.4, 0.5) is 17.5 Å². The number of nitrogen functional groups attached to an aromatic ring is 1. The summed E-state index contributed by atoms with van der Waals surface area (Å²) in [6, 6.07) is 9.08. The quantitative estimate of drug-likeness (QED) is 0.868. The molecule has 0 atom stereocenters. The molecule has 1 aliphatic heterocycles. The van der Waals surface area contributed by atoms with Crippen LogP contribution in [-0.2, 0) is 0 Å². The average Bonchev–Trinajstić information content (AvgIpc) is 2.47. The van der Waals surface area contributed by atoms with E-state index >= 15 is 0 Å². The zero-order valence-corrected chi connectivity index (χ0v) is 12.0. The maximum atomic E-state index is 9.34. The largest absolute Gasteiger partial charge is 0.508 e. The van der Waals surface area contributed by atoms with E-state index in [1.54, 1.807) is 18.2 Å². The molecule has 0 aliphatic carbocycles. The van der Waals surface area contributed by atoms with Gasteiger partial charge >= 0.3 is 0 Å². The van der Waals surface area contributed by atoms with Crippen LogP contribution in [0.2, 0.25) is 0 Å². The number of aromatic hydroxyl groups is 1. The molecule has 0 spiro atoms. The van der Waals surface area contributed by atoms with E-state index in [1.807, 2.05) is 19.1 Å². The third-order valence-corrected chi connectivity index (χ3v) is 3.64. The van der Waals surface area contributed by atoms with Gasteiger partial charge in [0.05, 0.1) is 0 Å². The lowest BCUT2D eigenvalue weighted by Crippen LogP contribution is -2.47. The molecule has 0 radical (unpaired) electrons. The summed E-state index contributed by atoms with van der Waals surface area (Å²) >= 11 is 0. The standard InChI is InChI=1S/C15H19N5O/c1-11-10-14(16)18-15(17-11)20-8-6-19(7-9-20)12-2-4-13(21)5-3-12/h2-5,10,21H,6-9H2,1H3,(H2,16,17,18). The van der Waals surface area contributed by atoms with Gasteiger partial charge in [-0.15, -0.1) is 0 Å². The van der Waals surface area contributed by atoms with E-state index in [2.05, 4.69) is 19.8 Å². The Balaban J connectivity index is 1.68. The van der Waals surface area contributed by atoms with Gasteiger partial charge in [-0.2, -0.15) is 4.98 Å². The highest BCUT2D eigenvalue weighted by Crippen LogP contribution is 2.21. The highest BCUT2D eigenvalue weighted by molar-refractivity contribution is 5.51. The smallest absolute Gasteiger partial charge is 0.227 e. The number of aryl methyl sites for hydroxylation is 1. The van der Waals surface area contributed by atoms with E-state index in [0.29, 0.717) is 17.5 Å². The van der Waals surface area contributed by atoms with Gasteiger partial charge in [0, 0.05) is 43.6 Å². The van der Waals surface area contributed by atoms with Crippen LogP contribution in [-0.4, -0.2) is 41.3 Å². The van der Waals surface area contributed by atoms with Gasteiger partial charge in [0.15, 0.2) is 0 Å². The number of aromatic nitrogens is 2. The van der Waals surface area contributed by atoms with Crippen LogP contribution in [0.5, 0.6) is 5.75 Å². The Hall–Kier alpha value is -2.50. The fourth-order valence-corrected chi connectivity index (χ4v) is 2.55. The molecule has 110 valence electrons. The number of anilines is 3. The number of hydrogen-bond acceptors (Lipinski definition) is 6. The van der Waals surface area contributed by atoms with Crippen LogP contribution in [0.25, 0.3) is 0 Å². The van der Waals surface area contributed by atoms with Crippen molar-refractivity contribution in [3.63, 3.8) is 0 Å². The number of phenolic OH excluding ortho intramolecular Hbond substituents is 1. The highest BCUT2D eigenvalue weighted by atomic mass is 16.3. The van der Waals surface area contributed by atoms with Crippen molar-refractivity contribution >= 4 is 17.5 Å². The minimum atomic E-state index is 0.293. The minimum Gasteiger partial charge on any atom is -0.508 e. The Bertz CT molecular complexity index is 600. The normalized spacial score (nSPS) is 15.3. The summed E-state index contributed by atoms with van der Waals surface area (Å²) in [5, 5.41) is 9.34. The molecule has 1 aromatic heterocycles. The molecular formula is C15H19N5O. The zero-order valence-electron chi connectivity index (χ0n) is 12.0. The Kier molecular flexibility index (Phi) is 3.51. The summed E-state index contributed by atoms with van der Waals surface area (Å²) in [5.41, 5.74) is 7.80. The third-order valence-electron chi connectivity index (χ3n) is 3.64. The number of nitrogens with two attached hydrogens (primary N) is 1. The van der Waals surface area contributed by atoms with Crippen LogP contribution in [0.15, 0.2) is 30.3 Å². The second-order valence-electron chi connectivity index (χ2n) is 5.22. The molecule has 2 aromatic rings. The Morgan fingerprint density at radius 2 is 1.62 bits per heavy atom. The molecular weight excluding hydrogens is 266 g/mol. The van der Waals surface area contributed by atoms with Gasteiger partial charge in [0.1, 0.15) is 11.6 Å². The molecule has 6 nitrogen and oxygen atoms in total. The van der Waals surface area contributed by atoms with E-state index in [0.717, 1.165) is 37.6 Å². The van der Waals surface area contributed by atoms with Crippen molar-refractivity contribution in [1.82, 2.24) is 9.97 Å². The molecule has 3 rings (SSSR count). The fraction of sp³-hybridized carbons (Fsp3) is 0.333. The first-order valence-electron chi connectivity index (χ1n) is 7.02. The molecule has 1 aromatic carbocycles. The summed E-state index contributed by atoms with van der Waals surface area (Å²) in [5.74, 6) is 1.51. The van der Waals surface area contributed by atoms with Crippen LogP contribution < -0.4 is 15.5 Å². The van der Waals surface area contributed by atoms with E-state index in [9.17, 15) is 5.11 Å². The van der Waals surface area contributed by atoms with Gasteiger partial charge in [0.2, 0.25) is 5.95 Å². The molecule has 1 aliphatic rings. The van der Waals surface area contributed by atoms with Gasteiger partial charge in [-0.05, 0) is 31.2 Å². The summed E-state index contributed by atoms with van der Waals surface area (Å²) in [6.07, 6.45) is 0. The maximum absolute atomic E-state index is 9.34. The Morgan fingerprint density at radius 3 is 2.24 bits per heavy atom. The van der Waals surface area contributed by atoms with Crippen molar-refractivity contribution in [3.05, 3.63) is 36.0 Å². The van der Waals surface area contributed by atoms with Crippen molar-refractivity contribution < 1.29 is 5.11 Å². The summed E-state index contributed by atoms with van der Waals surface area (Å²) in [4.78, 5) is 13.2. The van der Waals surface area contributed by atoms with Gasteiger partial charge in [0.25, 0.3) is 0 Å². The Labute approximate surface area is 123 Å². The van der Waals surface area contributed by atoms with E-state index in [4.69, 9.17) is 5.73 Å². The lowest BCUT2D eigenvalue weighted by molar-refractivity contribution is 0.475. The molecule has 2 heterocycles. The summed E-state index contributed by atoms with van der Waals surface area (Å²) in [6.45, 7) is 5.41. The summed E-state index contributed by atoms with van der Waals surface area (Å²) in [7, 11) is 0. The first kappa shape index (κ1) is 13.5. The number of nitrogens with zero attached hydrogens (tertiary/aromatic N) is 4. The van der Waals surface area contributed by atoms with Crippen molar-refractivity contribution in [1.29, 1.82) is 0 Å². The molecule has 0 bridgehead atoms. The predicted octanol–water partition coefficient (Wildman–Crippen LogP) is 1.40. The monoisotopic (exact) mass is 285 g/mol. The van der Waals surface area contributed by atoms with E-state index in [1.165, 1.54) is 0 Å². The first-order valence-corrected chi connectivity index (χ1v) is 7.02. The van der Waals surface area contributed by atoms with Crippen molar-refractivity contribution in [2.24, 2.45) is 0 Å². The van der Waals surface area contributed by atoms with Crippen LogP contribution in [0, 0.1) is 6.92 Å². The number of rotatable bonds is 2. The SMILES string of the molecule is Cc1cc(N)nc(N2CCN(c3ccc(O)cc3)CC2)n1. The lowest BCUT2D eigenvalue weighted by atomic mass is 10.2. The van der Waals surface area contributed by atoms with Crippen LogP contribution in [0.3, 0.4) is 0 Å².